The molecule has 2 aromatic rings. The van der Waals surface area contributed by atoms with E-state index in [-0.39, 0.29) is 0 Å². The van der Waals surface area contributed by atoms with Gasteiger partial charge in [0.15, 0.2) is 5.13 Å². The third-order valence-corrected chi connectivity index (χ3v) is 3.79. The van der Waals surface area contributed by atoms with Gasteiger partial charge in [0.25, 0.3) is 0 Å². The molecule has 0 bridgehead atoms. The molecule has 0 radical (unpaired) electrons. The summed E-state index contributed by atoms with van der Waals surface area (Å²) in [6, 6.07) is 8.32. The molecule has 1 heterocycles. The van der Waals surface area contributed by atoms with Gasteiger partial charge in [0.05, 0.1) is 5.69 Å². The van der Waals surface area contributed by atoms with Crippen LogP contribution in [0.15, 0.2) is 24.3 Å². The molecule has 4 heteroatoms. The fourth-order valence-corrected chi connectivity index (χ4v) is 2.57. The number of alkyl halides is 1. The highest BCUT2D eigenvalue weighted by Crippen LogP contribution is 2.24. The van der Waals surface area contributed by atoms with Gasteiger partial charge in [-0.15, -0.1) is 22.9 Å². The predicted octanol–water partition coefficient (Wildman–Crippen LogP) is 4.28. The minimum absolute atomic E-state index is 0.664. The third kappa shape index (κ3) is 3.20. The molecule has 1 aromatic carbocycles. The zero-order valence-electron chi connectivity index (χ0n) is 9.96. The third-order valence-electron chi connectivity index (χ3n) is 2.62. The Kier molecular flexibility index (Phi) is 4.02. The van der Waals surface area contributed by atoms with Crippen LogP contribution in [-0.4, -0.2) is 10.9 Å². The smallest absolute Gasteiger partial charge is 0.187 e. The van der Waals surface area contributed by atoms with Crippen molar-refractivity contribution in [1.82, 2.24) is 4.98 Å². The topological polar surface area (TPSA) is 24.9 Å². The van der Waals surface area contributed by atoms with Gasteiger partial charge in [-0.2, -0.15) is 0 Å². The molecule has 0 saturated carbocycles. The molecule has 0 unspecified atom stereocenters. The molecule has 0 atom stereocenters. The summed E-state index contributed by atoms with van der Waals surface area (Å²) in [5, 5.41) is 4.26. The van der Waals surface area contributed by atoms with E-state index in [1.807, 2.05) is 6.92 Å². The first-order valence-corrected chi connectivity index (χ1v) is 6.90. The summed E-state index contributed by atoms with van der Waals surface area (Å²) < 4.78 is 0. The van der Waals surface area contributed by atoms with E-state index < -0.39 is 0 Å². The Bertz CT molecular complexity index is 471. The number of anilines is 2. The predicted molar refractivity (Wildman–Crippen MR) is 75.7 cm³/mol. The number of hydrogen-bond donors (Lipinski definition) is 1. The number of hydrogen-bond acceptors (Lipinski definition) is 3. The first kappa shape index (κ1) is 12.4. The van der Waals surface area contributed by atoms with E-state index in [2.05, 4.69) is 41.5 Å². The number of thiazole rings is 1. The summed E-state index contributed by atoms with van der Waals surface area (Å²) in [7, 11) is 0. The van der Waals surface area contributed by atoms with Crippen LogP contribution in [-0.2, 0) is 6.42 Å². The average molecular weight is 267 g/mol. The standard InChI is InChI=1S/C13H15ClN2S/c1-9-10(2)17-13(15-9)16-12-5-3-11(4-6-12)7-8-14/h3-6H,7-8H2,1-2H3,(H,15,16). The van der Waals surface area contributed by atoms with E-state index in [9.17, 15) is 0 Å². The lowest BCUT2D eigenvalue weighted by atomic mass is 10.1. The average Bonchev–Trinajstić information content (AvgIpc) is 2.61. The van der Waals surface area contributed by atoms with Gasteiger partial charge in [-0.3, -0.25) is 0 Å². The highest BCUT2D eigenvalue weighted by molar-refractivity contribution is 7.15. The quantitative estimate of drug-likeness (QED) is 0.836. The highest BCUT2D eigenvalue weighted by atomic mass is 35.5. The number of halogens is 1. The van der Waals surface area contributed by atoms with Crippen LogP contribution >= 0.6 is 22.9 Å². The molecule has 17 heavy (non-hydrogen) atoms. The first-order chi connectivity index (χ1) is 8.19. The van der Waals surface area contributed by atoms with Gasteiger partial charge in [-0.05, 0) is 38.0 Å². The van der Waals surface area contributed by atoms with Crippen LogP contribution in [0, 0.1) is 13.8 Å². The molecule has 1 N–H and O–H groups in total. The number of rotatable bonds is 4. The second-order valence-corrected chi connectivity index (χ2v) is 5.50. The van der Waals surface area contributed by atoms with E-state index >= 15 is 0 Å². The van der Waals surface area contributed by atoms with E-state index in [4.69, 9.17) is 11.6 Å². The Morgan fingerprint density at radius 1 is 1.24 bits per heavy atom. The molecule has 0 aliphatic rings. The molecule has 2 nitrogen and oxygen atoms in total. The molecule has 0 aliphatic carbocycles. The Hall–Kier alpha value is -1.06. The van der Waals surface area contributed by atoms with Crippen LogP contribution in [0.5, 0.6) is 0 Å². The Balaban J connectivity index is 2.08. The zero-order chi connectivity index (χ0) is 12.3. The summed E-state index contributed by atoms with van der Waals surface area (Å²) in [6.45, 7) is 4.11. The van der Waals surface area contributed by atoms with Crippen LogP contribution < -0.4 is 5.32 Å². The van der Waals surface area contributed by atoms with Crippen molar-refractivity contribution in [2.45, 2.75) is 20.3 Å². The van der Waals surface area contributed by atoms with E-state index in [1.54, 1.807) is 11.3 Å². The van der Waals surface area contributed by atoms with Crippen molar-refractivity contribution >= 4 is 33.8 Å². The largest absolute Gasteiger partial charge is 0.332 e. The lowest BCUT2D eigenvalue weighted by Gasteiger charge is -2.03. The van der Waals surface area contributed by atoms with Crippen molar-refractivity contribution < 1.29 is 0 Å². The Morgan fingerprint density at radius 2 is 1.94 bits per heavy atom. The van der Waals surface area contributed by atoms with Crippen LogP contribution in [0.3, 0.4) is 0 Å². The maximum Gasteiger partial charge on any atom is 0.187 e. The monoisotopic (exact) mass is 266 g/mol. The summed E-state index contributed by atoms with van der Waals surface area (Å²) in [5.41, 5.74) is 3.42. The normalized spacial score (nSPS) is 10.5. The number of aromatic nitrogens is 1. The van der Waals surface area contributed by atoms with Crippen molar-refractivity contribution in [3.05, 3.63) is 40.4 Å². The van der Waals surface area contributed by atoms with Crippen LogP contribution in [0.25, 0.3) is 0 Å². The maximum absolute atomic E-state index is 5.70. The van der Waals surface area contributed by atoms with Crippen molar-refractivity contribution in [3.8, 4) is 0 Å². The summed E-state index contributed by atoms with van der Waals surface area (Å²) >= 11 is 7.38. The van der Waals surface area contributed by atoms with Gasteiger partial charge in [0.2, 0.25) is 0 Å². The van der Waals surface area contributed by atoms with Crippen LogP contribution in [0.2, 0.25) is 0 Å². The summed E-state index contributed by atoms with van der Waals surface area (Å²) in [6.07, 6.45) is 0.914. The Labute approximate surface area is 111 Å². The lowest BCUT2D eigenvalue weighted by Crippen LogP contribution is -1.91. The Morgan fingerprint density at radius 3 is 2.47 bits per heavy atom. The molecule has 0 saturated heterocycles. The second-order valence-electron chi connectivity index (χ2n) is 3.92. The summed E-state index contributed by atoms with van der Waals surface area (Å²) in [5.74, 6) is 0.664. The summed E-state index contributed by atoms with van der Waals surface area (Å²) in [4.78, 5) is 5.71. The number of benzene rings is 1. The van der Waals surface area contributed by atoms with Crippen molar-refractivity contribution in [2.24, 2.45) is 0 Å². The van der Waals surface area contributed by atoms with E-state index in [1.165, 1.54) is 10.4 Å². The minimum Gasteiger partial charge on any atom is -0.332 e. The van der Waals surface area contributed by atoms with Crippen LogP contribution in [0.1, 0.15) is 16.1 Å². The highest BCUT2D eigenvalue weighted by Gasteiger charge is 2.03. The van der Waals surface area contributed by atoms with Crippen molar-refractivity contribution in [3.63, 3.8) is 0 Å². The maximum atomic E-state index is 5.70. The van der Waals surface area contributed by atoms with Crippen LogP contribution in [0.4, 0.5) is 10.8 Å². The first-order valence-electron chi connectivity index (χ1n) is 5.55. The van der Waals surface area contributed by atoms with E-state index in [0.717, 1.165) is 22.9 Å². The molecular weight excluding hydrogens is 252 g/mol. The van der Waals surface area contributed by atoms with Crippen molar-refractivity contribution in [2.75, 3.05) is 11.2 Å². The molecule has 1 aromatic heterocycles. The molecule has 0 fully saturated rings. The lowest BCUT2D eigenvalue weighted by molar-refractivity contribution is 1.15. The zero-order valence-corrected chi connectivity index (χ0v) is 11.5. The number of nitrogens with one attached hydrogen (secondary N) is 1. The SMILES string of the molecule is Cc1nc(Nc2ccc(CCCl)cc2)sc1C. The molecular formula is C13H15ClN2S. The van der Waals surface area contributed by atoms with E-state index in [0.29, 0.717) is 5.88 Å². The number of aryl methyl sites for hydroxylation is 3. The van der Waals surface area contributed by atoms with Crippen molar-refractivity contribution in [1.29, 1.82) is 0 Å². The molecule has 0 amide bonds. The van der Waals surface area contributed by atoms with Gasteiger partial charge >= 0.3 is 0 Å². The fraction of sp³-hybridized carbons (Fsp3) is 0.308. The van der Waals surface area contributed by atoms with Gasteiger partial charge < -0.3 is 5.32 Å². The fourth-order valence-electron chi connectivity index (χ4n) is 1.51. The second kappa shape index (κ2) is 5.52. The molecule has 0 aliphatic heterocycles. The van der Waals surface area contributed by atoms with Gasteiger partial charge in [-0.25, -0.2) is 4.98 Å². The van der Waals surface area contributed by atoms with Gasteiger partial charge in [0.1, 0.15) is 0 Å². The van der Waals surface area contributed by atoms with Gasteiger partial charge in [-0.1, -0.05) is 12.1 Å². The molecule has 0 spiro atoms. The number of nitrogens with zero attached hydrogens (tertiary/aromatic N) is 1. The van der Waals surface area contributed by atoms with Gasteiger partial charge in [0, 0.05) is 16.4 Å². The molecule has 90 valence electrons. The minimum atomic E-state index is 0.664. The molecule has 2 rings (SSSR count).